The Morgan fingerprint density at radius 3 is 2.33 bits per heavy atom. The number of aliphatic carboxylic acids is 1. The van der Waals surface area contributed by atoms with Gasteiger partial charge in [-0.2, -0.15) is 0 Å². The summed E-state index contributed by atoms with van der Waals surface area (Å²) in [4.78, 5) is 32.9. The van der Waals surface area contributed by atoms with Crippen LogP contribution in [0.25, 0.3) is 0 Å². The van der Waals surface area contributed by atoms with E-state index < -0.39 is 17.9 Å². The van der Waals surface area contributed by atoms with Crippen LogP contribution in [0.4, 0.5) is 10.5 Å². The van der Waals surface area contributed by atoms with Crippen molar-refractivity contribution in [3.05, 3.63) is 30.4 Å². The second-order valence-electron chi connectivity index (χ2n) is 3.68. The fourth-order valence-corrected chi connectivity index (χ4v) is 1.38. The van der Waals surface area contributed by atoms with Crippen molar-refractivity contribution in [3.63, 3.8) is 0 Å². The summed E-state index contributed by atoms with van der Waals surface area (Å²) >= 11 is 0. The second-order valence-corrected chi connectivity index (χ2v) is 3.68. The van der Waals surface area contributed by atoms with Crippen LogP contribution in [-0.2, 0) is 9.59 Å². The molecule has 0 spiro atoms. The minimum Gasteiger partial charge on any atom is -0.493 e. The average molecular weight is 294 g/mol. The van der Waals surface area contributed by atoms with Gasteiger partial charge in [-0.1, -0.05) is 0 Å². The van der Waals surface area contributed by atoms with Gasteiger partial charge in [-0.05, 0) is 12.1 Å². The first kappa shape index (κ1) is 16.0. The number of imide groups is 1. The van der Waals surface area contributed by atoms with E-state index in [-0.39, 0.29) is 0 Å². The van der Waals surface area contributed by atoms with Crippen molar-refractivity contribution in [3.8, 4) is 11.5 Å². The summed E-state index contributed by atoms with van der Waals surface area (Å²) in [6, 6.07) is 3.84. The van der Waals surface area contributed by atoms with Crippen LogP contribution < -0.4 is 20.1 Å². The van der Waals surface area contributed by atoms with Crippen LogP contribution >= 0.6 is 0 Å². The largest absolute Gasteiger partial charge is 0.493 e. The lowest BCUT2D eigenvalue weighted by Crippen LogP contribution is -2.33. The Morgan fingerprint density at radius 1 is 1.10 bits per heavy atom. The SMILES string of the molecule is COc1ccc(NC(=O)NC(=O)/C=C/C(=O)O)cc1OC. The molecule has 3 amide bonds. The first-order valence-electron chi connectivity index (χ1n) is 5.71. The van der Waals surface area contributed by atoms with Crippen molar-refractivity contribution in [2.75, 3.05) is 19.5 Å². The van der Waals surface area contributed by atoms with Crippen LogP contribution in [0.3, 0.4) is 0 Å². The minimum atomic E-state index is -1.29. The Balaban J connectivity index is 2.67. The second kappa shape index (κ2) is 7.53. The summed E-state index contributed by atoms with van der Waals surface area (Å²) in [6.07, 6.45) is 1.36. The molecule has 0 saturated heterocycles. The lowest BCUT2D eigenvalue weighted by atomic mass is 10.3. The molecule has 112 valence electrons. The molecule has 0 aliphatic heterocycles. The highest BCUT2D eigenvalue weighted by Crippen LogP contribution is 2.29. The zero-order valence-electron chi connectivity index (χ0n) is 11.4. The van der Waals surface area contributed by atoms with E-state index in [2.05, 4.69) is 5.32 Å². The highest BCUT2D eigenvalue weighted by Gasteiger charge is 2.09. The molecule has 0 aliphatic rings. The van der Waals surface area contributed by atoms with Crippen molar-refractivity contribution in [2.45, 2.75) is 0 Å². The van der Waals surface area contributed by atoms with Gasteiger partial charge in [0.05, 0.1) is 14.2 Å². The van der Waals surface area contributed by atoms with Crippen molar-refractivity contribution in [1.29, 1.82) is 0 Å². The van der Waals surface area contributed by atoms with Crippen molar-refractivity contribution >= 4 is 23.6 Å². The lowest BCUT2D eigenvalue weighted by Gasteiger charge is -2.10. The van der Waals surface area contributed by atoms with Crippen molar-refractivity contribution in [2.24, 2.45) is 0 Å². The van der Waals surface area contributed by atoms with E-state index in [9.17, 15) is 14.4 Å². The smallest absolute Gasteiger partial charge is 0.328 e. The number of carboxylic acids is 1. The fraction of sp³-hybridized carbons (Fsp3) is 0.154. The zero-order chi connectivity index (χ0) is 15.8. The Hall–Kier alpha value is -3.03. The van der Waals surface area contributed by atoms with Gasteiger partial charge in [0.15, 0.2) is 11.5 Å². The molecular weight excluding hydrogens is 280 g/mol. The van der Waals surface area contributed by atoms with Gasteiger partial charge >= 0.3 is 12.0 Å². The van der Waals surface area contributed by atoms with Gasteiger partial charge in [0.1, 0.15) is 0 Å². The van der Waals surface area contributed by atoms with Crippen LogP contribution in [0.5, 0.6) is 11.5 Å². The molecule has 1 aromatic rings. The third-order valence-electron chi connectivity index (χ3n) is 2.26. The number of rotatable bonds is 5. The molecule has 0 unspecified atom stereocenters. The lowest BCUT2D eigenvalue weighted by molar-refractivity contribution is -0.131. The number of urea groups is 1. The number of carboxylic acid groups (broad SMARTS) is 1. The first-order valence-corrected chi connectivity index (χ1v) is 5.71. The van der Waals surface area contributed by atoms with E-state index in [1.54, 1.807) is 12.1 Å². The minimum absolute atomic E-state index is 0.375. The van der Waals surface area contributed by atoms with Gasteiger partial charge in [-0.25, -0.2) is 9.59 Å². The molecule has 8 heteroatoms. The number of methoxy groups -OCH3 is 2. The van der Waals surface area contributed by atoms with Gasteiger partial charge in [-0.3, -0.25) is 10.1 Å². The number of ether oxygens (including phenoxy) is 2. The fourth-order valence-electron chi connectivity index (χ4n) is 1.38. The molecule has 0 saturated carbocycles. The molecule has 0 aromatic heterocycles. The summed E-state index contributed by atoms with van der Waals surface area (Å²) in [7, 11) is 2.92. The summed E-state index contributed by atoms with van der Waals surface area (Å²) in [5, 5.41) is 12.7. The number of anilines is 1. The van der Waals surface area contributed by atoms with E-state index in [1.165, 1.54) is 20.3 Å². The molecule has 0 heterocycles. The zero-order valence-corrected chi connectivity index (χ0v) is 11.4. The number of hydrogen-bond acceptors (Lipinski definition) is 5. The number of nitrogens with one attached hydrogen (secondary N) is 2. The number of hydrogen-bond donors (Lipinski definition) is 3. The summed E-state index contributed by atoms with van der Waals surface area (Å²) in [6.45, 7) is 0. The number of carbonyl (C=O) groups excluding carboxylic acids is 2. The summed E-state index contributed by atoms with van der Waals surface area (Å²) < 4.78 is 10.1. The highest BCUT2D eigenvalue weighted by atomic mass is 16.5. The van der Waals surface area contributed by atoms with Crippen LogP contribution in [0.2, 0.25) is 0 Å². The van der Waals surface area contributed by atoms with Gasteiger partial charge in [0.25, 0.3) is 5.91 Å². The summed E-state index contributed by atoms with van der Waals surface area (Å²) in [5.74, 6) is -1.24. The number of amides is 3. The van der Waals surface area contributed by atoms with E-state index >= 15 is 0 Å². The standard InChI is InChI=1S/C13H14N2O6/c1-20-9-4-3-8(7-10(9)21-2)14-13(19)15-11(16)5-6-12(17)18/h3-7H,1-2H3,(H,17,18)(H2,14,15,16,19)/b6-5+. The van der Waals surface area contributed by atoms with E-state index in [0.29, 0.717) is 23.3 Å². The van der Waals surface area contributed by atoms with Crippen LogP contribution in [0.15, 0.2) is 30.4 Å². The highest BCUT2D eigenvalue weighted by molar-refractivity contribution is 6.06. The maximum absolute atomic E-state index is 11.5. The predicted molar refractivity (Wildman–Crippen MR) is 73.5 cm³/mol. The first-order chi connectivity index (χ1) is 9.96. The number of benzene rings is 1. The Bertz CT molecular complexity index is 582. The Labute approximate surface area is 120 Å². The van der Waals surface area contributed by atoms with Crippen LogP contribution in [0, 0.1) is 0 Å². The molecule has 0 radical (unpaired) electrons. The van der Waals surface area contributed by atoms with Crippen molar-refractivity contribution < 1.29 is 29.0 Å². The third-order valence-corrected chi connectivity index (χ3v) is 2.26. The Kier molecular flexibility index (Phi) is 5.75. The third kappa shape index (κ3) is 5.23. The monoisotopic (exact) mass is 294 g/mol. The molecule has 0 bridgehead atoms. The molecular formula is C13H14N2O6. The van der Waals surface area contributed by atoms with Crippen LogP contribution in [-0.4, -0.2) is 37.2 Å². The molecule has 0 aliphatic carbocycles. The number of carbonyl (C=O) groups is 3. The van der Waals surface area contributed by atoms with Gasteiger partial charge in [-0.15, -0.1) is 0 Å². The van der Waals surface area contributed by atoms with E-state index in [4.69, 9.17) is 14.6 Å². The molecule has 3 N–H and O–H groups in total. The topological polar surface area (TPSA) is 114 Å². The molecule has 0 fully saturated rings. The molecule has 1 aromatic carbocycles. The van der Waals surface area contributed by atoms with Gasteiger partial charge < -0.3 is 19.9 Å². The molecule has 0 atom stereocenters. The van der Waals surface area contributed by atoms with E-state index in [1.807, 2.05) is 5.32 Å². The average Bonchev–Trinajstić information content (AvgIpc) is 2.44. The maximum Gasteiger partial charge on any atom is 0.328 e. The quantitative estimate of drug-likeness (QED) is 0.698. The molecule has 1 rings (SSSR count). The normalized spacial score (nSPS) is 10.0. The predicted octanol–water partition coefficient (Wildman–Crippen LogP) is 0.993. The van der Waals surface area contributed by atoms with Gasteiger partial charge in [0.2, 0.25) is 0 Å². The van der Waals surface area contributed by atoms with E-state index in [0.717, 1.165) is 6.08 Å². The molecule has 21 heavy (non-hydrogen) atoms. The molecule has 8 nitrogen and oxygen atoms in total. The van der Waals surface area contributed by atoms with Gasteiger partial charge in [0, 0.05) is 23.9 Å². The Morgan fingerprint density at radius 2 is 1.76 bits per heavy atom. The maximum atomic E-state index is 11.5. The van der Waals surface area contributed by atoms with Crippen LogP contribution in [0.1, 0.15) is 0 Å². The summed E-state index contributed by atoms with van der Waals surface area (Å²) in [5.41, 5.74) is 0.375. The van der Waals surface area contributed by atoms with Crippen molar-refractivity contribution in [1.82, 2.24) is 5.32 Å².